The quantitative estimate of drug-likeness (QED) is 0.756. The minimum absolute atomic E-state index is 0.880. The first-order chi connectivity index (χ1) is 9.71. The zero-order chi connectivity index (χ0) is 14.4. The number of nitrogens with one attached hydrogen (secondary N) is 1. The second-order valence-electron chi connectivity index (χ2n) is 4.75. The SMILES string of the molecule is CCN(CC)Cc1cccc(NCc2cc(Br)cs2)c1. The molecule has 0 aliphatic heterocycles. The summed E-state index contributed by atoms with van der Waals surface area (Å²) in [6.07, 6.45) is 0. The first kappa shape index (κ1) is 15.5. The third-order valence-electron chi connectivity index (χ3n) is 3.32. The van der Waals surface area contributed by atoms with Gasteiger partial charge in [0, 0.05) is 33.5 Å². The molecule has 0 radical (unpaired) electrons. The molecule has 0 atom stereocenters. The number of nitrogens with zero attached hydrogens (tertiary/aromatic N) is 1. The van der Waals surface area contributed by atoms with Crippen molar-refractivity contribution in [2.75, 3.05) is 18.4 Å². The van der Waals surface area contributed by atoms with Gasteiger partial charge >= 0.3 is 0 Å². The van der Waals surface area contributed by atoms with E-state index < -0.39 is 0 Å². The van der Waals surface area contributed by atoms with Gasteiger partial charge in [-0.25, -0.2) is 0 Å². The predicted molar refractivity (Wildman–Crippen MR) is 92.4 cm³/mol. The van der Waals surface area contributed by atoms with Gasteiger partial charge in [-0.05, 0) is 52.8 Å². The lowest BCUT2D eigenvalue weighted by atomic mass is 10.2. The lowest BCUT2D eigenvalue weighted by Gasteiger charge is -2.18. The van der Waals surface area contributed by atoms with Gasteiger partial charge in [-0.15, -0.1) is 11.3 Å². The Bertz CT molecular complexity index is 535. The highest BCUT2D eigenvalue weighted by atomic mass is 79.9. The number of thiophene rings is 1. The Kier molecular flexibility index (Phi) is 6.07. The van der Waals surface area contributed by atoms with Crippen LogP contribution in [0.3, 0.4) is 0 Å². The van der Waals surface area contributed by atoms with E-state index in [9.17, 15) is 0 Å². The van der Waals surface area contributed by atoms with Crippen molar-refractivity contribution >= 4 is 33.0 Å². The fourth-order valence-corrected chi connectivity index (χ4v) is 3.51. The van der Waals surface area contributed by atoms with E-state index in [2.05, 4.69) is 75.7 Å². The molecule has 4 heteroatoms. The van der Waals surface area contributed by atoms with Crippen molar-refractivity contribution in [1.29, 1.82) is 0 Å². The molecule has 0 unspecified atom stereocenters. The molecule has 0 aliphatic rings. The summed E-state index contributed by atoms with van der Waals surface area (Å²) in [7, 11) is 0. The molecular weight excluding hydrogens is 332 g/mol. The van der Waals surface area contributed by atoms with Crippen LogP contribution in [0.5, 0.6) is 0 Å². The van der Waals surface area contributed by atoms with Crippen LogP contribution in [0.2, 0.25) is 0 Å². The van der Waals surface area contributed by atoms with Gasteiger partial charge in [0.1, 0.15) is 0 Å². The maximum atomic E-state index is 3.50. The molecule has 1 heterocycles. The van der Waals surface area contributed by atoms with Crippen LogP contribution in [-0.2, 0) is 13.1 Å². The Morgan fingerprint density at radius 1 is 1.20 bits per heavy atom. The number of benzene rings is 1. The van der Waals surface area contributed by atoms with E-state index in [0.29, 0.717) is 0 Å². The molecule has 1 aromatic carbocycles. The smallest absolute Gasteiger partial charge is 0.0494 e. The molecule has 0 fully saturated rings. The highest BCUT2D eigenvalue weighted by Gasteiger charge is 2.02. The molecule has 20 heavy (non-hydrogen) atoms. The molecule has 0 aliphatic carbocycles. The Morgan fingerprint density at radius 2 is 2.00 bits per heavy atom. The van der Waals surface area contributed by atoms with Gasteiger partial charge in [-0.2, -0.15) is 0 Å². The average molecular weight is 353 g/mol. The summed E-state index contributed by atoms with van der Waals surface area (Å²) in [6.45, 7) is 8.51. The van der Waals surface area contributed by atoms with Crippen molar-refractivity contribution in [2.24, 2.45) is 0 Å². The monoisotopic (exact) mass is 352 g/mol. The fraction of sp³-hybridized carbons (Fsp3) is 0.375. The van der Waals surface area contributed by atoms with E-state index in [4.69, 9.17) is 0 Å². The van der Waals surface area contributed by atoms with Crippen molar-refractivity contribution in [3.8, 4) is 0 Å². The number of hydrogen-bond donors (Lipinski definition) is 1. The summed E-state index contributed by atoms with van der Waals surface area (Å²) >= 11 is 5.26. The fourth-order valence-electron chi connectivity index (χ4n) is 2.12. The van der Waals surface area contributed by atoms with Crippen molar-refractivity contribution in [3.63, 3.8) is 0 Å². The normalized spacial score (nSPS) is 11.0. The maximum Gasteiger partial charge on any atom is 0.0494 e. The van der Waals surface area contributed by atoms with E-state index in [1.54, 1.807) is 11.3 Å². The zero-order valence-electron chi connectivity index (χ0n) is 12.0. The molecule has 2 nitrogen and oxygen atoms in total. The average Bonchev–Trinajstić information content (AvgIpc) is 2.89. The van der Waals surface area contributed by atoms with Gasteiger partial charge < -0.3 is 5.32 Å². The van der Waals surface area contributed by atoms with Gasteiger partial charge in [-0.3, -0.25) is 4.90 Å². The molecule has 1 aromatic heterocycles. The summed E-state index contributed by atoms with van der Waals surface area (Å²) in [5.41, 5.74) is 2.56. The summed E-state index contributed by atoms with van der Waals surface area (Å²) in [6, 6.07) is 10.9. The highest BCUT2D eigenvalue weighted by molar-refractivity contribution is 9.10. The van der Waals surface area contributed by atoms with Crippen LogP contribution in [0.1, 0.15) is 24.3 Å². The van der Waals surface area contributed by atoms with E-state index in [-0.39, 0.29) is 0 Å². The summed E-state index contributed by atoms with van der Waals surface area (Å²) in [4.78, 5) is 3.76. The van der Waals surface area contributed by atoms with E-state index in [0.717, 1.165) is 30.7 Å². The van der Waals surface area contributed by atoms with E-state index in [1.165, 1.54) is 16.1 Å². The van der Waals surface area contributed by atoms with E-state index in [1.807, 2.05) is 0 Å². The first-order valence-electron chi connectivity index (χ1n) is 6.99. The molecule has 0 spiro atoms. The van der Waals surface area contributed by atoms with Crippen molar-refractivity contribution in [3.05, 3.63) is 50.6 Å². The molecule has 0 saturated heterocycles. The molecule has 0 saturated carbocycles. The van der Waals surface area contributed by atoms with Crippen molar-refractivity contribution < 1.29 is 0 Å². The van der Waals surface area contributed by atoms with Crippen LogP contribution < -0.4 is 5.32 Å². The van der Waals surface area contributed by atoms with Crippen LogP contribution in [0.25, 0.3) is 0 Å². The van der Waals surface area contributed by atoms with Crippen LogP contribution >= 0.6 is 27.3 Å². The Morgan fingerprint density at radius 3 is 2.65 bits per heavy atom. The number of rotatable bonds is 7. The second-order valence-corrected chi connectivity index (χ2v) is 6.66. The highest BCUT2D eigenvalue weighted by Crippen LogP contribution is 2.21. The maximum absolute atomic E-state index is 3.50. The summed E-state index contributed by atoms with van der Waals surface area (Å²) in [5.74, 6) is 0. The molecule has 2 aromatic rings. The van der Waals surface area contributed by atoms with Gasteiger partial charge in [0.05, 0.1) is 0 Å². The van der Waals surface area contributed by atoms with Crippen LogP contribution in [0.15, 0.2) is 40.2 Å². The Balaban J connectivity index is 1.95. The summed E-state index contributed by atoms with van der Waals surface area (Å²) < 4.78 is 1.16. The number of anilines is 1. The lowest BCUT2D eigenvalue weighted by molar-refractivity contribution is 0.296. The molecule has 2 rings (SSSR count). The lowest BCUT2D eigenvalue weighted by Crippen LogP contribution is -2.22. The molecule has 108 valence electrons. The van der Waals surface area contributed by atoms with Crippen LogP contribution in [0, 0.1) is 0 Å². The standard InChI is InChI=1S/C16H21BrN2S/c1-3-19(4-2)11-13-6-5-7-15(8-13)18-10-16-9-14(17)12-20-16/h5-9,12,18H,3-4,10-11H2,1-2H3. The van der Waals surface area contributed by atoms with Crippen molar-refractivity contribution in [1.82, 2.24) is 4.90 Å². The van der Waals surface area contributed by atoms with Gasteiger partial charge in [0.2, 0.25) is 0 Å². The second kappa shape index (κ2) is 7.81. The van der Waals surface area contributed by atoms with Crippen LogP contribution in [-0.4, -0.2) is 18.0 Å². The minimum Gasteiger partial charge on any atom is -0.380 e. The van der Waals surface area contributed by atoms with Gasteiger partial charge in [-0.1, -0.05) is 26.0 Å². The van der Waals surface area contributed by atoms with Crippen molar-refractivity contribution in [2.45, 2.75) is 26.9 Å². The number of hydrogen-bond acceptors (Lipinski definition) is 3. The number of halogens is 1. The molecule has 0 amide bonds. The molecule has 0 bridgehead atoms. The largest absolute Gasteiger partial charge is 0.380 e. The zero-order valence-corrected chi connectivity index (χ0v) is 14.4. The Hall–Kier alpha value is -0.840. The topological polar surface area (TPSA) is 15.3 Å². The third kappa shape index (κ3) is 4.62. The molecular formula is C16H21BrN2S. The predicted octanol–water partition coefficient (Wildman–Crippen LogP) is 4.96. The van der Waals surface area contributed by atoms with Gasteiger partial charge in [0.15, 0.2) is 0 Å². The first-order valence-corrected chi connectivity index (χ1v) is 8.66. The Labute approximate surface area is 133 Å². The molecule has 1 N–H and O–H groups in total. The summed E-state index contributed by atoms with van der Waals surface area (Å²) in [5, 5.41) is 5.61. The van der Waals surface area contributed by atoms with Gasteiger partial charge in [0.25, 0.3) is 0 Å². The van der Waals surface area contributed by atoms with Crippen LogP contribution in [0.4, 0.5) is 5.69 Å². The third-order valence-corrected chi connectivity index (χ3v) is 5.01. The minimum atomic E-state index is 0.880. The van der Waals surface area contributed by atoms with E-state index >= 15 is 0 Å².